The predicted octanol–water partition coefficient (Wildman–Crippen LogP) is 3.51. The summed E-state index contributed by atoms with van der Waals surface area (Å²) in [6, 6.07) is 7.51. The van der Waals surface area contributed by atoms with Gasteiger partial charge in [0.1, 0.15) is 5.75 Å². The Balaban J connectivity index is 1.60. The molecule has 1 saturated carbocycles. The van der Waals surface area contributed by atoms with Gasteiger partial charge in [-0.2, -0.15) is 0 Å². The number of amides is 1. The first-order valence-electron chi connectivity index (χ1n) is 9.62. The van der Waals surface area contributed by atoms with Gasteiger partial charge in [0.25, 0.3) is 5.91 Å². The lowest BCUT2D eigenvalue weighted by Gasteiger charge is -2.35. The van der Waals surface area contributed by atoms with Gasteiger partial charge in [0, 0.05) is 30.5 Å². The molecule has 27 heavy (non-hydrogen) atoms. The lowest BCUT2D eigenvalue weighted by Crippen LogP contribution is -2.45. The molecular weight excluding hydrogens is 340 g/mol. The van der Waals surface area contributed by atoms with Gasteiger partial charge in [-0.25, -0.2) is 4.98 Å². The summed E-state index contributed by atoms with van der Waals surface area (Å²) in [5, 5.41) is 3.10. The molecule has 0 radical (unpaired) electrons. The minimum atomic E-state index is -0.0812. The molecule has 3 rings (SSSR count). The van der Waals surface area contributed by atoms with E-state index in [0.29, 0.717) is 35.7 Å². The van der Waals surface area contributed by atoms with E-state index >= 15 is 0 Å². The summed E-state index contributed by atoms with van der Waals surface area (Å²) in [7, 11) is 4.20. The average molecular weight is 368 g/mol. The van der Waals surface area contributed by atoms with Gasteiger partial charge in [0.2, 0.25) is 5.88 Å². The molecule has 1 amide bonds. The van der Waals surface area contributed by atoms with E-state index in [2.05, 4.69) is 34.3 Å². The summed E-state index contributed by atoms with van der Waals surface area (Å²) in [5.41, 5.74) is 0.581. The van der Waals surface area contributed by atoms with Crippen LogP contribution in [0, 0.1) is 5.92 Å². The molecule has 0 saturated heterocycles. The van der Waals surface area contributed by atoms with Crippen molar-refractivity contribution in [1.29, 1.82) is 0 Å². The highest BCUT2D eigenvalue weighted by Crippen LogP contribution is 2.28. The number of ether oxygens (including phenoxy) is 1. The van der Waals surface area contributed by atoms with Crippen LogP contribution in [0.25, 0.3) is 0 Å². The number of benzene rings is 1. The topological polar surface area (TPSA) is 67.4 Å². The molecule has 0 aliphatic heterocycles. The summed E-state index contributed by atoms with van der Waals surface area (Å²) in [4.78, 5) is 23.0. The molecule has 6 heteroatoms. The van der Waals surface area contributed by atoms with Crippen LogP contribution in [0.2, 0.25) is 0 Å². The zero-order chi connectivity index (χ0) is 19.1. The normalized spacial score (nSPS) is 16.1. The molecule has 1 aliphatic carbocycles. The molecule has 1 aromatic heterocycles. The minimum absolute atomic E-state index is 0.0812. The van der Waals surface area contributed by atoms with E-state index in [0.717, 1.165) is 0 Å². The molecule has 2 aromatic rings. The fraction of sp³-hybridized carbons (Fsp3) is 0.476. The molecule has 1 N–H and O–H groups in total. The first-order valence-corrected chi connectivity index (χ1v) is 9.62. The van der Waals surface area contributed by atoms with Crippen molar-refractivity contribution in [2.24, 2.45) is 5.92 Å². The van der Waals surface area contributed by atoms with Crippen molar-refractivity contribution in [3.8, 4) is 11.6 Å². The number of likely N-dealkylation sites (N-methyl/N-ethyl adjacent to an activating group) is 1. The molecule has 1 atom stereocenters. The van der Waals surface area contributed by atoms with Crippen molar-refractivity contribution in [3.63, 3.8) is 0 Å². The SMILES string of the molecule is CN(C)C(CNC(=O)c1cccc(Oc2cnccn2)c1)C1CCCCC1. The number of carbonyl (C=O) groups excluding carboxylic acids is 1. The van der Waals surface area contributed by atoms with Crippen LogP contribution < -0.4 is 10.1 Å². The van der Waals surface area contributed by atoms with Crippen LogP contribution in [-0.4, -0.2) is 47.5 Å². The van der Waals surface area contributed by atoms with Crippen molar-refractivity contribution in [3.05, 3.63) is 48.4 Å². The number of aromatic nitrogens is 2. The maximum Gasteiger partial charge on any atom is 0.251 e. The summed E-state index contributed by atoms with van der Waals surface area (Å²) in [6.45, 7) is 0.658. The van der Waals surface area contributed by atoms with Crippen LogP contribution in [0.1, 0.15) is 42.5 Å². The Morgan fingerprint density at radius 1 is 1.26 bits per heavy atom. The first kappa shape index (κ1) is 19.3. The van der Waals surface area contributed by atoms with E-state index in [1.165, 1.54) is 32.1 Å². The van der Waals surface area contributed by atoms with Crippen LogP contribution in [0.4, 0.5) is 0 Å². The second-order valence-corrected chi connectivity index (χ2v) is 7.31. The van der Waals surface area contributed by atoms with Gasteiger partial charge in [-0.05, 0) is 51.1 Å². The molecule has 1 aliphatic rings. The van der Waals surface area contributed by atoms with Crippen LogP contribution in [0.15, 0.2) is 42.9 Å². The van der Waals surface area contributed by atoms with Crippen molar-refractivity contribution >= 4 is 5.91 Å². The maximum absolute atomic E-state index is 12.6. The summed E-state index contributed by atoms with van der Waals surface area (Å²) < 4.78 is 5.67. The summed E-state index contributed by atoms with van der Waals surface area (Å²) in [6.07, 6.45) is 11.1. The molecular formula is C21H28N4O2. The van der Waals surface area contributed by atoms with Crippen molar-refractivity contribution < 1.29 is 9.53 Å². The Kier molecular flexibility index (Phi) is 6.76. The van der Waals surface area contributed by atoms with Gasteiger partial charge in [-0.15, -0.1) is 0 Å². The number of nitrogens with zero attached hydrogens (tertiary/aromatic N) is 3. The highest BCUT2D eigenvalue weighted by molar-refractivity contribution is 5.94. The molecule has 0 spiro atoms. The molecule has 1 unspecified atom stereocenters. The third-order valence-corrected chi connectivity index (χ3v) is 5.19. The second kappa shape index (κ2) is 9.46. The van der Waals surface area contributed by atoms with Gasteiger partial charge in [0.15, 0.2) is 0 Å². The Hall–Kier alpha value is -2.47. The lowest BCUT2D eigenvalue weighted by atomic mass is 9.83. The quantitative estimate of drug-likeness (QED) is 0.810. The Morgan fingerprint density at radius 2 is 2.07 bits per heavy atom. The Morgan fingerprint density at radius 3 is 2.78 bits per heavy atom. The van der Waals surface area contributed by atoms with E-state index in [4.69, 9.17) is 4.74 Å². The zero-order valence-electron chi connectivity index (χ0n) is 16.1. The van der Waals surface area contributed by atoms with Gasteiger partial charge in [-0.1, -0.05) is 25.3 Å². The number of rotatable bonds is 7. The highest BCUT2D eigenvalue weighted by Gasteiger charge is 2.25. The fourth-order valence-electron chi connectivity index (χ4n) is 3.75. The maximum atomic E-state index is 12.6. The van der Waals surface area contributed by atoms with E-state index in [1.54, 1.807) is 36.8 Å². The summed E-state index contributed by atoms with van der Waals surface area (Å²) >= 11 is 0. The molecule has 144 valence electrons. The zero-order valence-corrected chi connectivity index (χ0v) is 16.1. The van der Waals surface area contributed by atoms with Gasteiger partial charge >= 0.3 is 0 Å². The Bertz CT molecular complexity index is 730. The predicted molar refractivity (Wildman–Crippen MR) is 105 cm³/mol. The van der Waals surface area contributed by atoms with E-state index in [1.807, 2.05) is 6.07 Å². The largest absolute Gasteiger partial charge is 0.437 e. The van der Waals surface area contributed by atoms with Crippen molar-refractivity contribution in [1.82, 2.24) is 20.2 Å². The van der Waals surface area contributed by atoms with E-state index in [-0.39, 0.29) is 5.91 Å². The highest BCUT2D eigenvalue weighted by atomic mass is 16.5. The molecule has 1 heterocycles. The van der Waals surface area contributed by atoms with E-state index < -0.39 is 0 Å². The smallest absolute Gasteiger partial charge is 0.251 e. The van der Waals surface area contributed by atoms with Crippen LogP contribution in [0.5, 0.6) is 11.6 Å². The van der Waals surface area contributed by atoms with Crippen LogP contribution in [-0.2, 0) is 0 Å². The molecule has 0 bridgehead atoms. The molecule has 1 aromatic carbocycles. The number of carbonyl (C=O) groups is 1. The average Bonchev–Trinajstić information content (AvgIpc) is 2.69. The van der Waals surface area contributed by atoms with Gasteiger partial charge in [-0.3, -0.25) is 9.78 Å². The number of hydrogen-bond donors (Lipinski definition) is 1. The lowest BCUT2D eigenvalue weighted by molar-refractivity contribution is 0.0921. The standard InChI is InChI=1S/C21H28N4O2/c1-25(2)19(16-7-4-3-5-8-16)14-24-21(26)17-9-6-10-18(13-17)27-20-15-22-11-12-23-20/h6,9-13,15-16,19H,3-5,7-8,14H2,1-2H3,(H,24,26). The third kappa shape index (κ3) is 5.50. The van der Waals surface area contributed by atoms with Crippen molar-refractivity contribution in [2.45, 2.75) is 38.1 Å². The first-order chi connectivity index (χ1) is 13.1. The molecule has 6 nitrogen and oxygen atoms in total. The fourth-order valence-corrected chi connectivity index (χ4v) is 3.75. The monoisotopic (exact) mass is 368 g/mol. The Labute approximate surface area is 161 Å². The second-order valence-electron chi connectivity index (χ2n) is 7.31. The van der Waals surface area contributed by atoms with E-state index in [9.17, 15) is 4.79 Å². The summed E-state index contributed by atoms with van der Waals surface area (Å²) in [5.74, 6) is 1.54. The molecule has 1 fully saturated rings. The number of hydrogen-bond acceptors (Lipinski definition) is 5. The van der Waals surface area contributed by atoms with Crippen LogP contribution in [0.3, 0.4) is 0 Å². The van der Waals surface area contributed by atoms with Crippen LogP contribution >= 0.6 is 0 Å². The minimum Gasteiger partial charge on any atom is -0.437 e. The number of nitrogens with one attached hydrogen (secondary N) is 1. The third-order valence-electron chi connectivity index (χ3n) is 5.19. The van der Waals surface area contributed by atoms with Crippen molar-refractivity contribution in [2.75, 3.05) is 20.6 Å². The van der Waals surface area contributed by atoms with Gasteiger partial charge in [0.05, 0.1) is 6.20 Å². The van der Waals surface area contributed by atoms with Gasteiger partial charge < -0.3 is 15.0 Å².